The van der Waals surface area contributed by atoms with Gasteiger partial charge in [-0.3, -0.25) is 19.2 Å². The smallest absolute Gasteiger partial charge is 0.310 e. The number of benzene rings is 2. The van der Waals surface area contributed by atoms with Crippen LogP contribution in [0.1, 0.15) is 49.9 Å². The van der Waals surface area contributed by atoms with E-state index in [0.29, 0.717) is 12.0 Å². The molecular weight excluding hydrogens is 412 g/mol. The fourth-order valence-electron chi connectivity index (χ4n) is 3.75. The minimum Gasteiger partial charge on any atom is -0.434 e. The average Bonchev–Trinajstić information content (AvgIpc) is 3.07. The van der Waals surface area contributed by atoms with E-state index in [-0.39, 0.29) is 31.0 Å². The molecule has 1 heterocycles. The number of fused-ring (bicyclic) bond motifs is 1. The van der Waals surface area contributed by atoms with Crippen molar-refractivity contribution in [1.29, 1.82) is 0 Å². The van der Waals surface area contributed by atoms with Gasteiger partial charge in [-0.1, -0.05) is 56.3 Å². The van der Waals surface area contributed by atoms with Crippen molar-refractivity contribution in [3.8, 4) is 0 Å². The molecule has 1 saturated heterocycles. The monoisotopic (exact) mass is 440 g/mol. The third kappa shape index (κ3) is 5.91. The Labute approximate surface area is 186 Å². The second-order valence-electron chi connectivity index (χ2n) is 8.40. The first-order valence-corrected chi connectivity index (χ1v) is 10.7. The number of ether oxygens (including phenoxy) is 1. The Balaban J connectivity index is 1.59. The molecule has 0 aliphatic carbocycles. The second-order valence-corrected chi connectivity index (χ2v) is 8.40. The quantitative estimate of drug-likeness (QED) is 0.405. The van der Waals surface area contributed by atoms with Gasteiger partial charge in [0.15, 0.2) is 5.78 Å². The first-order chi connectivity index (χ1) is 15.2. The first-order valence-electron chi connectivity index (χ1n) is 10.7. The zero-order valence-corrected chi connectivity index (χ0v) is 18.2. The van der Waals surface area contributed by atoms with Crippen molar-refractivity contribution in [3.05, 3.63) is 48.0 Å². The van der Waals surface area contributed by atoms with Gasteiger partial charge >= 0.3 is 5.97 Å². The lowest BCUT2D eigenvalue weighted by molar-refractivity contribution is -0.155. The molecule has 32 heavy (non-hydrogen) atoms. The van der Waals surface area contributed by atoms with Crippen molar-refractivity contribution >= 4 is 34.3 Å². The number of carbonyl (C=O) groups is 4. The fraction of sp³-hybridized carbons (Fsp3) is 0.417. The molecule has 3 N–H and O–H groups in total. The van der Waals surface area contributed by atoms with Gasteiger partial charge in [-0.15, -0.1) is 0 Å². The molecule has 2 aromatic rings. The number of hydrogen-bond donors (Lipinski definition) is 3. The minimum absolute atomic E-state index is 0.0134. The number of aliphatic hydroxyl groups is 1. The number of rotatable bonds is 9. The van der Waals surface area contributed by atoms with Gasteiger partial charge in [0.1, 0.15) is 12.1 Å². The normalized spacial score (nSPS) is 18.9. The number of amides is 2. The highest BCUT2D eigenvalue weighted by molar-refractivity contribution is 6.08. The molecule has 3 rings (SSSR count). The molecule has 1 aliphatic heterocycles. The van der Waals surface area contributed by atoms with Gasteiger partial charge < -0.3 is 20.5 Å². The molecule has 2 amide bonds. The molecular formula is C24H28N2O6. The Morgan fingerprint density at radius 3 is 2.50 bits per heavy atom. The summed E-state index contributed by atoms with van der Waals surface area (Å²) in [5, 5.41) is 16.7. The molecule has 0 saturated carbocycles. The largest absolute Gasteiger partial charge is 0.434 e. The van der Waals surface area contributed by atoms with Crippen LogP contribution in [0.15, 0.2) is 42.5 Å². The van der Waals surface area contributed by atoms with Crippen LogP contribution in [0.5, 0.6) is 0 Å². The fourth-order valence-corrected chi connectivity index (χ4v) is 3.75. The van der Waals surface area contributed by atoms with E-state index < -0.39 is 36.2 Å². The van der Waals surface area contributed by atoms with Crippen LogP contribution < -0.4 is 10.6 Å². The molecule has 0 aromatic heterocycles. The molecule has 1 aliphatic rings. The first kappa shape index (κ1) is 23.4. The van der Waals surface area contributed by atoms with E-state index >= 15 is 0 Å². The van der Waals surface area contributed by atoms with Crippen LogP contribution in [-0.4, -0.2) is 47.0 Å². The van der Waals surface area contributed by atoms with Crippen molar-refractivity contribution < 1.29 is 29.0 Å². The highest BCUT2D eigenvalue weighted by Gasteiger charge is 2.36. The summed E-state index contributed by atoms with van der Waals surface area (Å²) in [7, 11) is 0. The SMILES string of the molecule is CC(C)C[C@H](NC(=O)CCC(=O)c1cccc2ccccc12)C(=O)N[C@H]1CC(=O)OC1O. The maximum absolute atomic E-state index is 12.7. The number of nitrogens with one attached hydrogen (secondary N) is 2. The maximum atomic E-state index is 12.7. The zero-order chi connectivity index (χ0) is 23.3. The Kier molecular flexibility index (Phi) is 7.58. The summed E-state index contributed by atoms with van der Waals surface area (Å²) < 4.78 is 4.63. The van der Waals surface area contributed by atoms with Gasteiger partial charge in [0.05, 0.1) is 6.42 Å². The molecule has 0 bridgehead atoms. The van der Waals surface area contributed by atoms with Crippen molar-refractivity contribution in [2.45, 2.75) is 57.9 Å². The van der Waals surface area contributed by atoms with E-state index in [4.69, 9.17) is 0 Å². The van der Waals surface area contributed by atoms with E-state index in [9.17, 15) is 24.3 Å². The summed E-state index contributed by atoms with van der Waals surface area (Å²) in [5.41, 5.74) is 0.562. The standard InChI is InChI=1S/C24H28N2O6/c1-14(2)12-18(23(30)26-19-13-22(29)32-24(19)31)25-21(28)11-10-20(27)17-9-5-7-15-6-3-4-8-16(15)17/h3-9,14,18-19,24,31H,10-13H2,1-2H3,(H,25,28)(H,26,30)/t18-,19-,24?/m0/s1. The summed E-state index contributed by atoms with van der Waals surface area (Å²) >= 11 is 0. The molecule has 8 nitrogen and oxygen atoms in total. The molecule has 170 valence electrons. The molecule has 2 aromatic carbocycles. The van der Waals surface area contributed by atoms with Gasteiger partial charge in [0.25, 0.3) is 0 Å². The molecule has 8 heteroatoms. The number of Topliss-reactive ketones (excluding diaryl/α,β-unsaturated/α-hetero) is 1. The van der Waals surface area contributed by atoms with Crippen molar-refractivity contribution in [2.75, 3.05) is 0 Å². The van der Waals surface area contributed by atoms with Gasteiger partial charge in [-0.25, -0.2) is 0 Å². The highest BCUT2D eigenvalue weighted by atomic mass is 16.6. The molecule has 3 atom stereocenters. The summed E-state index contributed by atoms with van der Waals surface area (Å²) in [6, 6.07) is 11.3. The lowest BCUT2D eigenvalue weighted by Crippen LogP contribution is -2.51. The van der Waals surface area contributed by atoms with Crippen LogP contribution in [0.3, 0.4) is 0 Å². The summed E-state index contributed by atoms with van der Waals surface area (Å²) in [6.45, 7) is 3.82. The van der Waals surface area contributed by atoms with Crippen LogP contribution in [0.25, 0.3) is 10.8 Å². The third-order valence-electron chi connectivity index (χ3n) is 5.34. The van der Waals surface area contributed by atoms with E-state index in [0.717, 1.165) is 10.8 Å². The summed E-state index contributed by atoms with van der Waals surface area (Å²) in [4.78, 5) is 49.2. The van der Waals surface area contributed by atoms with E-state index in [2.05, 4.69) is 15.4 Å². The van der Waals surface area contributed by atoms with Crippen LogP contribution in [0.4, 0.5) is 0 Å². The topological polar surface area (TPSA) is 122 Å². The third-order valence-corrected chi connectivity index (χ3v) is 5.34. The minimum atomic E-state index is -1.40. The lowest BCUT2D eigenvalue weighted by atomic mass is 9.98. The van der Waals surface area contributed by atoms with Gasteiger partial charge in [-0.05, 0) is 23.1 Å². The van der Waals surface area contributed by atoms with Gasteiger partial charge in [0.2, 0.25) is 18.1 Å². The number of esters is 1. The van der Waals surface area contributed by atoms with Gasteiger partial charge in [0, 0.05) is 18.4 Å². The van der Waals surface area contributed by atoms with Crippen LogP contribution >= 0.6 is 0 Å². The van der Waals surface area contributed by atoms with E-state index in [1.54, 1.807) is 6.07 Å². The predicted molar refractivity (Wildman–Crippen MR) is 118 cm³/mol. The number of carbonyl (C=O) groups excluding carboxylic acids is 4. The average molecular weight is 440 g/mol. The van der Waals surface area contributed by atoms with Crippen LogP contribution in [-0.2, 0) is 19.1 Å². The van der Waals surface area contributed by atoms with Crippen LogP contribution in [0.2, 0.25) is 0 Å². The number of ketones is 1. The zero-order valence-electron chi connectivity index (χ0n) is 18.2. The second kappa shape index (κ2) is 10.4. The Morgan fingerprint density at radius 2 is 1.81 bits per heavy atom. The van der Waals surface area contributed by atoms with Crippen molar-refractivity contribution in [3.63, 3.8) is 0 Å². The van der Waals surface area contributed by atoms with Gasteiger partial charge in [-0.2, -0.15) is 0 Å². The Hall–Kier alpha value is -3.26. The lowest BCUT2D eigenvalue weighted by Gasteiger charge is -2.22. The van der Waals surface area contributed by atoms with E-state index in [1.165, 1.54) is 0 Å². The molecule has 1 fully saturated rings. The summed E-state index contributed by atoms with van der Waals surface area (Å²) in [6.07, 6.45) is -1.21. The molecule has 0 spiro atoms. The van der Waals surface area contributed by atoms with Crippen LogP contribution in [0, 0.1) is 5.92 Å². The predicted octanol–water partition coefficient (Wildman–Crippen LogP) is 2.08. The maximum Gasteiger partial charge on any atom is 0.310 e. The number of cyclic esters (lactones) is 1. The molecule has 0 radical (unpaired) electrons. The highest BCUT2D eigenvalue weighted by Crippen LogP contribution is 2.20. The summed E-state index contributed by atoms with van der Waals surface area (Å²) in [5.74, 6) is -1.56. The van der Waals surface area contributed by atoms with E-state index in [1.807, 2.05) is 50.2 Å². The van der Waals surface area contributed by atoms with Crippen molar-refractivity contribution in [1.82, 2.24) is 10.6 Å². The number of hydrogen-bond acceptors (Lipinski definition) is 6. The molecule has 1 unspecified atom stereocenters. The van der Waals surface area contributed by atoms with Crippen molar-refractivity contribution in [2.24, 2.45) is 5.92 Å². The Morgan fingerprint density at radius 1 is 1.09 bits per heavy atom. The number of aliphatic hydroxyl groups excluding tert-OH is 1. The Bertz CT molecular complexity index is 1010.